The first-order chi connectivity index (χ1) is 10.6. The van der Waals surface area contributed by atoms with E-state index in [2.05, 4.69) is 23.7 Å². The summed E-state index contributed by atoms with van der Waals surface area (Å²) in [6.45, 7) is 6.84. The molecule has 22 heavy (non-hydrogen) atoms. The van der Waals surface area contributed by atoms with E-state index >= 15 is 0 Å². The molecule has 1 atom stereocenters. The lowest BCUT2D eigenvalue weighted by Gasteiger charge is -2.19. The topological polar surface area (TPSA) is 46.8 Å². The summed E-state index contributed by atoms with van der Waals surface area (Å²) in [5.74, 6) is 0.355. The highest BCUT2D eigenvalue weighted by Gasteiger charge is 2.25. The van der Waals surface area contributed by atoms with Crippen LogP contribution in [0.3, 0.4) is 0 Å². The highest BCUT2D eigenvalue weighted by molar-refractivity contribution is 5.89. The Morgan fingerprint density at radius 2 is 2.23 bits per heavy atom. The van der Waals surface area contributed by atoms with Gasteiger partial charge in [-0.25, -0.2) is 9.78 Å². The molecule has 3 heterocycles. The molecule has 5 nitrogen and oxygen atoms in total. The number of hydrogen-bond donors (Lipinski definition) is 0. The fourth-order valence-corrected chi connectivity index (χ4v) is 3.18. The highest BCUT2D eigenvalue weighted by atomic mass is 16.5. The molecule has 5 heteroatoms. The van der Waals surface area contributed by atoms with E-state index in [0.29, 0.717) is 17.5 Å². The van der Waals surface area contributed by atoms with Crippen molar-refractivity contribution >= 4 is 11.6 Å². The van der Waals surface area contributed by atoms with Crippen LogP contribution < -0.4 is 0 Å². The zero-order chi connectivity index (χ0) is 15.7. The smallest absolute Gasteiger partial charge is 0.339 e. The molecule has 0 bridgehead atoms. The first-order valence-corrected chi connectivity index (χ1v) is 7.87. The summed E-state index contributed by atoms with van der Waals surface area (Å²) in [4.78, 5) is 18.8. The Morgan fingerprint density at radius 1 is 1.41 bits per heavy atom. The number of ether oxygens (including phenoxy) is 1. The van der Waals surface area contributed by atoms with Crippen LogP contribution in [0.15, 0.2) is 24.5 Å². The number of nitrogens with zero attached hydrogens (tertiary/aromatic N) is 3. The van der Waals surface area contributed by atoms with Gasteiger partial charge in [-0.15, -0.1) is 0 Å². The minimum absolute atomic E-state index is 0.319. The number of imidazole rings is 1. The molecule has 0 N–H and O–H groups in total. The number of pyridine rings is 1. The summed E-state index contributed by atoms with van der Waals surface area (Å²) < 4.78 is 6.67. The Bertz CT molecular complexity index is 678. The van der Waals surface area contributed by atoms with Crippen molar-refractivity contribution < 1.29 is 9.53 Å². The molecule has 0 spiro atoms. The average molecular weight is 301 g/mol. The van der Waals surface area contributed by atoms with Crippen molar-refractivity contribution in [1.29, 1.82) is 0 Å². The number of hydrogen-bond acceptors (Lipinski definition) is 4. The van der Waals surface area contributed by atoms with E-state index in [1.165, 1.54) is 20.1 Å². The monoisotopic (exact) mass is 301 g/mol. The lowest BCUT2D eigenvalue weighted by atomic mass is 10.0. The van der Waals surface area contributed by atoms with Crippen LogP contribution in [-0.4, -0.2) is 46.5 Å². The Balaban J connectivity index is 1.74. The Morgan fingerprint density at radius 3 is 2.91 bits per heavy atom. The molecule has 1 aliphatic rings. The van der Waals surface area contributed by atoms with Crippen LogP contribution in [0.2, 0.25) is 0 Å². The molecular formula is C17H23N3O2. The van der Waals surface area contributed by atoms with Gasteiger partial charge in [0.2, 0.25) is 0 Å². The van der Waals surface area contributed by atoms with Gasteiger partial charge in [-0.3, -0.25) is 0 Å². The van der Waals surface area contributed by atoms with Gasteiger partial charge in [0.1, 0.15) is 5.65 Å². The van der Waals surface area contributed by atoms with Crippen LogP contribution in [0.4, 0.5) is 0 Å². The summed E-state index contributed by atoms with van der Waals surface area (Å²) in [7, 11) is 1.40. The minimum Gasteiger partial charge on any atom is -0.465 e. The maximum atomic E-state index is 11.6. The number of methoxy groups -OCH3 is 1. The molecule has 1 unspecified atom stereocenters. The van der Waals surface area contributed by atoms with Crippen LogP contribution >= 0.6 is 0 Å². The van der Waals surface area contributed by atoms with Gasteiger partial charge in [0.05, 0.1) is 18.4 Å². The van der Waals surface area contributed by atoms with Crippen molar-refractivity contribution in [3.05, 3.63) is 35.8 Å². The second-order valence-corrected chi connectivity index (χ2v) is 6.35. The maximum absolute atomic E-state index is 11.6. The van der Waals surface area contributed by atoms with Crippen molar-refractivity contribution in [3.8, 4) is 0 Å². The molecule has 0 amide bonds. The standard InChI is InChI=1S/C17H23N3O2/c1-12(2)19-7-6-13(9-19)8-15-11-20-10-14(17(21)22-3)4-5-16(20)18-15/h4-5,10-13H,6-9H2,1-3H3. The van der Waals surface area contributed by atoms with E-state index in [4.69, 9.17) is 4.74 Å². The minimum atomic E-state index is -0.319. The van der Waals surface area contributed by atoms with E-state index in [-0.39, 0.29) is 5.97 Å². The lowest BCUT2D eigenvalue weighted by molar-refractivity contribution is 0.0600. The van der Waals surface area contributed by atoms with Crippen LogP contribution in [0, 0.1) is 5.92 Å². The summed E-state index contributed by atoms with van der Waals surface area (Å²) >= 11 is 0. The molecule has 0 aromatic carbocycles. The zero-order valence-electron chi connectivity index (χ0n) is 13.5. The van der Waals surface area contributed by atoms with Crippen molar-refractivity contribution in [1.82, 2.24) is 14.3 Å². The molecule has 2 aromatic rings. The molecule has 1 aliphatic heterocycles. The maximum Gasteiger partial charge on any atom is 0.339 e. The zero-order valence-corrected chi connectivity index (χ0v) is 13.5. The molecule has 0 aliphatic carbocycles. The van der Waals surface area contributed by atoms with E-state index in [9.17, 15) is 4.79 Å². The van der Waals surface area contributed by atoms with Gasteiger partial charge in [0, 0.05) is 25.0 Å². The van der Waals surface area contributed by atoms with Crippen LogP contribution in [0.25, 0.3) is 5.65 Å². The fraction of sp³-hybridized carbons (Fsp3) is 0.529. The second-order valence-electron chi connectivity index (χ2n) is 6.35. The fourth-order valence-electron chi connectivity index (χ4n) is 3.18. The molecule has 0 radical (unpaired) electrons. The predicted octanol–water partition coefficient (Wildman–Crippen LogP) is 2.39. The molecule has 3 rings (SSSR count). The molecule has 0 saturated carbocycles. The van der Waals surface area contributed by atoms with Crippen molar-refractivity contribution in [3.63, 3.8) is 0 Å². The largest absolute Gasteiger partial charge is 0.465 e. The van der Waals surface area contributed by atoms with Gasteiger partial charge in [-0.2, -0.15) is 0 Å². The molecule has 118 valence electrons. The summed E-state index contributed by atoms with van der Waals surface area (Å²) in [6, 6.07) is 4.24. The van der Waals surface area contributed by atoms with Gasteiger partial charge in [-0.05, 0) is 51.3 Å². The second kappa shape index (κ2) is 6.08. The van der Waals surface area contributed by atoms with Crippen molar-refractivity contribution in [2.24, 2.45) is 5.92 Å². The van der Waals surface area contributed by atoms with Crippen molar-refractivity contribution in [2.75, 3.05) is 20.2 Å². The highest BCUT2D eigenvalue weighted by Crippen LogP contribution is 2.22. The molecular weight excluding hydrogens is 278 g/mol. The van der Waals surface area contributed by atoms with Gasteiger partial charge < -0.3 is 14.0 Å². The first kappa shape index (κ1) is 15.0. The molecule has 1 saturated heterocycles. The first-order valence-electron chi connectivity index (χ1n) is 7.87. The SMILES string of the molecule is COC(=O)c1ccc2nc(CC3CCN(C(C)C)C3)cn2c1. The third kappa shape index (κ3) is 2.99. The van der Waals surface area contributed by atoms with Crippen LogP contribution in [0.5, 0.6) is 0 Å². The van der Waals surface area contributed by atoms with Gasteiger partial charge in [0.15, 0.2) is 0 Å². The third-order valence-corrected chi connectivity index (χ3v) is 4.47. The number of carbonyl (C=O) groups excluding carboxylic acids is 1. The average Bonchev–Trinajstić information content (AvgIpc) is 3.12. The van der Waals surface area contributed by atoms with Crippen molar-refractivity contribution in [2.45, 2.75) is 32.7 Å². The predicted molar refractivity (Wildman–Crippen MR) is 85.1 cm³/mol. The van der Waals surface area contributed by atoms with E-state index < -0.39 is 0 Å². The van der Waals surface area contributed by atoms with Crippen LogP contribution in [0.1, 0.15) is 36.3 Å². The number of esters is 1. The molecule has 1 fully saturated rings. The summed E-state index contributed by atoms with van der Waals surface area (Å²) in [5.41, 5.74) is 2.52. The number of carbonyl (C=O) groups is 1. The Kier molecular flexibility index (Phi) is 4.16. The van der Waals surface area contributed by atoms with E-state index in [1.54, 1.807) is 12.3 Å². The van der Waals surface area contributed by atoms with Gasteiger partial charge in [0.25, 0.3) is 0 Å². The van der Waals surface area contributed by atoms with Gasteiger partial charge >= 0.3 is 5.97 Å². The number of likely N-dealkylation sites (tertiary alicyclic amines) is 1. The number of aromatic nitrogens is 2. The number of fused-ring (bicyclic) bond motifs is 1. The van der Waals surface area contributed by atoms with E-state index in [1.807, 2.05) is 16.7 Å². The normalized spacial score (nSPS) is 19.2. The number of rotatable bonds is 4. The van der Waals surface area contributed by atoms with E-state index in [0.717, 1.165) is 24.3 Å². The summed E-state index contributed by atoms with van der Waals surface area (Å²) in [6.07, 6.45) is 6.05. The summed E-state index contributed by atoms with van der Waals surface area (Å²) in [5, 5.41) is 0. The Hall–Kier alpha value is -1.88. The lowest BCUT2D eigenvalue weighted by Crippen LogP contribution is -2.28. The third-order valence-electron chi connectivity index (χ3n) is 4.47. The quantitative estimate of drug-likeness (QED) is 0.814. The van der Waals surface area contributed by atoms with Gasteiger partial charge in [-0.1, -0.05) is 0 Å². The van der Waals surface area contributed by atoms with Crippen LogP contribution in [-0.2, 0) is 11.2 Å². The Labute approximate surface area is 130 Å². The molecule has 2 aromatic heterocycles.